The smallest absolute Gasteiger partial charge is 0.198 e. The van der Waals surface area contributed by atoms with Gasteiger partial charge >= 0.3 is 0 Å². The van der Waals surface area contributed by atoms with Crippen molar-refractivity contribution in [2.75, 3.05) is 31.1 Å². The van der Waals surface area contributed by atoms with Crippen LogP contribution in [0.25, 0.3) is 0 Å². The third-order valence-corrected chi connectivity index (χ3v) is 4.01. The number of nitrogens with one attached hydrogen (secondary N) is 1. The average molecular weight is 455 g/mol. The second kappa shape index (κ2) is 10.5. The van der Waals surface area contributed by atoms with Crippen molar-refractivity contribution in [2.24, 2.45) is 4.99 Å². The summed E-state index contributed by atoms with van der Waals surface area (Å²) >= 11 is 0. The molecular weight excluding hydrogens is 429 g/mol. The van der Waals surface area contributed by atoms with Gasteiger partial charge in [-0.25, -0.2) is 0 Å². The van der Waals surface area contributed by atoms with Gasteiger partial charge in [0.15, 0.2) is 5.96 Å². The number of rotatable bonds is 7. The fourth-order valence-corrected chi connectivity index (χ4v) is 2.87. The number of fused-ring (bicyclic) bond motifs is 1. The van der Waals surface area contributed by atoms with Crippen LogP contribution in [0.5, 0.6) is 0 Å². The molecule has 0 unspecified atom stereocenters. The number of guanidine groups is 1. The number of para-hydroxylation sites is 1. The Morgan fingerprint density at radius 1 is 1.28 bits per heavy atom. The van der Waals surface area contributed by atoms with Crippen molar-refractivity contribution >= 4 is 35.6 Å². The van der Waals surface area contributed by atoms with Gasteiger partial charge < -0.3 is 19.4 Å². The molecule has 0 bridgehead atoms. The zero-order valence-corrected chi connectivity index (χ0v) is 16.9. The molecule has 0 saturated heterocycles. The van der Waals surface area contributed by atoms with E-state index in [0.29, 0.717) is 13.2 Å². The summed E-state index contributed by atoms with van der Waals surface area (Å²) in [5.74, 6) is 1.83. The summed E-state index contributed by atoms with van der Waals surface area (Å²) in [4.78, 5) is 7.04. The van der Waals surface area contributed by atoms with Crippen molar-refractivity contribution in [3.05, 3.63) is 54.0 Å². The van der Waals surface area contributed by atoms with Crippen LogP contribution in [-0.4, -0.2) is 32.2 Å². The van der Waals surface area contributed by atoms with Crippen molar-refractivity contribution in [1.29, 1.82) is 0 Å². The molecule has 2 aromatic rings. The van der Waals surface area contributed by atoms with Crippen LogP contribution in [0.4, 0.5) is 5.69 Å². The first-order valence-corrected chi connectivity index (χ1v) is 8.62. The average Bonchev–Trinajstić information content (AvgIpc) is 3.26. The molecule has 1 aromatic carbocycles. The van der Waals surface area contributed by atoms with Gasteiger partial charge in [-0.3, -0.25) is 4.99 Å². The molecule has 0 fully saturated rings. The zero-order chi connectivity index (χ0) is 16.6. The van der Waals surface area contributed by atoms with E-state index in [1.165, 1.54) is 11.3 Å². The molecule has 0 amide bonds. The fourth-order valence-electron chi connectivity index (χ4n) is 2.87. The van der Waals surface area contributed by atoms with Gasteiger partial charge in [0.05, 0.1) is 6.26 Å². The highest BCUT2D eigenvalue weighted by Crippen LogP contribution is 2.27. The number of furan rings is 1. The first kappa shape index (κ1) is 19.8. The molecule has 5 nitrogen and oxygen atoms in total. The lowest BCUT2D eigenvalue weighted by molar-refractivity contribution is 0.105. The molecule has 1 aliphatic rings. The van der Waals surface area contributed by atoms with E-state index in [0.717, 1.165) is 44.2 Å². The summed E-state index contributed by atoms with van der Waals surface area (Å²) in [6, 6.07) is 12.3. The lowest BCUT2D eigenvalue weighted by Crippen LogP contribution is -2.40. The van der Waals surface area contributed by atoms with Crippen LogP contribution in [0, 0.1) is 0 Å². The fraction of sp³-hybridized carbons (Fsp3) is 0.421. The van der Waals surface area contributed by atoms with Crippen LogP contribution in [0.1, 0.15) is 24.7 Å². The topological polar surface area (TPSA) is 50.0 Å². The SMILES string of the molecule is CCNC(=NCCCOCc1ccco1)N1CCc2ccccc21.I. The molecule has 1 aliphatic heterocycles. The number of hydrogen-bond acceptors (Lipinski definition) is 3. The first-order chi connectivity index (χ1) is 11.9. The first-order valence-electron chi connectivity index (χ1n) is 8.62. The van der Waals surface area contributed by atoms with Crippen LogP contribution < -0.4 is 10.2 Å². The van der Waals surface area contributed by atoms with E-state index < -0.39 is 0 Å². The second-order valence-corrected chi connectivity index (χ2v) is 5.75. The predicted molar refractivity (Wildman–Crippen MR) is 112 cm³/mol. The highest BCUT2D eigenvalue weighted by molar-refractivity contribution is 14.0. The number of anilines is 1. The van der Waals surface area contributed by atoms with E-state index in [1.807, 2.05) is 12.1 Å². The highest BCUT2D eigenvalue weighted by atomic mass is 127. The molecule has 2 heterocycles. The van der Waals surface area contributed by atoms with Crippen LogP contribution in [-0.2, 0) is 17.8 Å². The monoisotopic (exact) mass is 455 g/mol. The van der Waals surface area contributed by atoms with Crippen LogP contribution in [0.2, 0.25) is 0 Å². The van der Waals surface area contributed by atoms with Crippen molar-refractivity contribution in [2.45, 2.75) is 26.4 Å². The Bertz CT molecular complexity index is 658. The van der Waals surface area contributed by atoms with Crippen molar-refractivity contribution in [1.82, 2.24) is 5.32 Å². The number of benzene rings is 1. The van der Waals surface area contributed by atoms with Crippen LogP contribution in [0.15, 0.2) is 52.1 Å². The molecule has 25 heavy (non-hydrogen) atoms. The summed E-state index contributed by atoms with van der Waals surface area (Å²) in [5.41, 5.74) is 2.66. The minimum atomic E-state index is 0. The maximum absolute atomic E-state index is 5.60. The molecule has 0 aliphatic carbocycles. The van der Waals surface area contributed by atoms with Crippen molar-refractivity contribution < 1.29 is 9.15 Å². The molecule has 136 valence electrons. The van der Waals surface area contributed by atoms with Crippen molar-refractivity contribution in [3.8, 4) is 0 Å². The van der Waals surface area contributed by atoms with Crippen LogP contribution >= 0.6 is 24.0 Å². The van der Waals surface area contributed by atoms with Gasteiger partial charge in [0, 0.05) is 31.9 Å². The Morgan fingerprint density at radius 2 is 2.16 bits per heavy atom. The third-order valence-electron chi connectivity index (χ3n) is 4.01. The summed E-state index contributed by atoms with van der Waals surface area (Å²) in [7, 11) is 0. The van der Waals surface area contributed by atoms with E-state index in [4.69, 9.17) is 14.1 Å². The Labute approximate surface area is 166 Å². The van der Waals surface area contributed by atoms with E-state index in [2.05, 4.69) is 41.4 Å². The van der Waals surface area contributed by atoms with Crippen molar-refractivity contribution in [3.63, 3.8) is 0 Å². The molecule has 3 rings (SSSR count). The standard InChI is InChI=1S/C19H25N3O2.HI/c1-2-20-19(22-12-10-16-7-3-4-9-18(16)22)21-11-6-13-23-15-17-8-5-14-24-17;/h3-5,7-9,14H,2,6,10-13,15H2,1H3,(H,20,21);1H. The van der Waals surface area contributed by atoms with Gasteiger partial charge in [-0.15, -0.1) is 24.0 Å². The van der Waals surface area contributed by atoms with Gasteiger partial charge in [-0.05, 0) is 43.5 Å². The number of nitrogens with zero attached hydrogens (tertiary/aromatic N) is 2. The van der Waals surface area contributed by atoms with Gasteiger partial charge in [-0.2, -0.15) is 0 Å². The lowest BCUT2D eigenvalue weighted by Gasteiger charge is -2.22. The molecule has 0 saturated carbocycles. The molecule has 1 N–H and O–H groups in total. The molecule has 0 radical (unpaired) electrons. The second-order valence-electron chi connectivity index (χ2n) is 5.75. The van der Waals surface area contributed by atoms with E-state index in [1.54, 1.807) is 6.26 Å². The maximum Gasteiger partial charge on any atom is 0.198 e. The minimum Gasteiger partial charge on any atom is -0.467 e. The zero-order valence-electron chi connectivity index (χ0n) is 14.6. The summed E-state index contributed by atoms with van der Waals surface area (Å²) in [6.07, 6.45) is 3.64. The number of aliphatic imine (C=N–C) groups is 1. The van der Waals surface area contributed by atoms with E-state index in [-0.39, 0.29) is 24.0 Å². The Morgan fingerprint density at radius 3 is 2.96 bits per heavy atom. The molecular formula is C19H26IN3O2. The summed E-state index contributed by atoms with van der Waals surface area (Å²) in [5, 5.41) is 3.40. The van der Waals surface area contributed by atoms with Crippen LogP contribution in [0.3, 0.4) is 0 Å². The maximum atomic E-state index is 5.60. The van der Waals surface area contributed by atoms with Gasteiger partial charge in [0.1, 0.15) is 12.4 Å². The minimum absolute atomic E-state index is 0. The number of halogens is 1. The quantitative estimate of drug-likeness (QED) is 0.299. The predicted octanol–water partition coefficient (Wildman–Crippen LogP) is 3.83. The molecule has 1 aromatic heterocycles. The van der Waals surface area contributed by atoms with Gasteiger partial charge in [0.25, 0.3) is 0 Å². The lowest BCUT2D eigenvalue weighted by atomic mass is 10.2. The molecule has 0 spiro atoms. The normalized spacial score (nSPS) is 13.5. The Kier molecular flexibility index (Phi) is 8.27. The van der Waals surface area contributed by atoms with Gasteiger partial charge in [-0.1, -0.05) is 18.2 Å². The van der Waals surface area contributed by atoms with E-state index in [9.17, 15) is 0 Å². The van der Waals surface area contributed by atoms with Gasteiger partial charge in [0.2, 0.25) is 0 Å². The third kappa shape index (κ3) is 5.47. The number of ether oxygens (including phenoxy) is 1. The highest BCUT2D eigenvalue weighted by Gasteiger charge is 2.22. The number of hydrogen-bond donors (Lipinski definition) is 1. The summed E-state index contributed by atoms with van der Waals surface area (Å²) in [6.45, 7) is 5.91. The largest absolute Gasteiger partial charge is 0.467 e. The Hall–Kier alpha value is -1.54. The molecule has 6 heteroatoms. The molecule has 0 atom stereocenters. The Balaban J connectivity index is 0.00000225. The summed E-state index contributed by atoms with van der Waals surface area (Å²) < 4.78 is 10.8. The van der Waals surface area contributed by atoms with E-state index >= 15 is 0 Å².